The zero-order valence-corrected chi connectivity index (χ0v) is 17.9. The third-order valence-corrected chi connectivity index (χ3v) is 5.51. The highest BCUT2D eigenvalue weighted by molar-refractivity contribution is 9.10. The summed E-state index contributed by atoms with van der Waals surface area (Å²) in [5.74, 6) is 0.379. The van der Waals surface area contributed by atoms with Crippen LogP contribution in [0, 0.1) is 5.92 Å². The van der Waals surface area contributed by atoms with E-state index in [0.29, 0.717) is 54.6 Å². The number of carbonyl (C=O) groups excluding carboxylic acids is 2. The topological polar surface area (TPSA) is 58.6 Å². The van der Waals surface area contributed by atoms with E-state index in [9.17, 15) is 9.59 Å². The average molecular weight is 466 g/mol. The molecular weight excluding hydrogens is 444 g/mol. The smallest absolute Gasteiger partial charge is 0.253 e. The van der Waals surface area contributed by atoms with Crippen molar-refractivity contribution in [3.05, 3.63) is 57.5 Å². The number of ether oxygens (including phenoxy) is 1. The van der Waals surface area contributed by atoms with E-state index in [2.05, 4.69) is 21.2 Å². The molecule has 2 aromatic rings. The Kier molecular flexibility index (Phi) is 6.97. The van der Waals surface area contributed by atoms with E-state index >= 15 is 0 Å². The van der Waals surface area contributed by atoms with Crippen molar-refractivity contribution in [2.24, 2.45) is 5.92 Å². The van der Waals surface area contributed by atoms with Crippen LogP contribution < -0.4 is 10.1 Å². The van der Waals surface area contributed by atoms with E-state index in [1.165, 1.54) is 0 Å². The molecule has 1 heterocycles. The van der Waals surface area contributed by atoms with Crippen molar-refractivity contribution in [1.29, 1.82) is 0 Å². The Morgan fingerprint density at radius 3 is 2.50 bits per heavy atom. The summed E-state index contributed by atoms with van der Waals surface area (Å²) in [5, 5.41) is 3.47. The molecule has 0 atom stereocenters. The highest BCUT2D eigenvalue weighted by Gasteiger charge is 2.28. The number of nitrogens with one attached hydrogen (secondary N) is 1. The van der Waals surface area contributed by atoms with Crippen LogP contribution in [0.25, 0.3) is 0 Å². The molecule has 0 radical (unpaired) electrons. The molecule has 1 N–H and O–H groups in total. The molecule has 1 saturated heterocycles. The van der Waals surface area contributed by atoms with Gasteiger partial charge < -0.3 is 15.0 Å². The number of hydrogen-bond donors (Lipinski definition) is 1. The fourth-order valence-electron chi connectivity index (χ4n) is 3.24. The van der Waals surface area contributed by atoms with Crippen LogP contribution in [0.1, 0.15) is 30.1 Å². The molecule has 0 spiro atoms. The van der Waals surface area contributed by atoms with Gasteiger partial charge in [-0.25, -0.2) is 0 Å². The number of rotatable bonds is 5. The van der Waals surface area contributed by atoms with Gasteiger partial charge in [0.15, 0.2) is 0 Å². The first-order valence-electron chi connectivity index (χ1n) is 9.26. The zero-order valence-electron chi connectivity index (χ0n) is 15.6. The largest absolute Gasteiger partial charge is 0.492 e. The molecule has 0 aliphatic carbocycles. The van der Waals surface area contributed by atoms with Gasteiger partial charge in [-0.2, -0.15) is 0 Å². The van der Waals surface area contributed by atoms with Crippen LogP contribution in [0.3, 0.4) is 0 Å². The van der Waals surface area contributed by atoms with Crippen LogP contribution in [-0.4, -0.2) is 36.4 Å². The number of amides is 2. The minimum absolute atomic E-state index is 0.000156. The van der Waals surface area contributed by atoms with Crippen LogP contribution in [0.5, 0.6) is 5.75 Å². The molecule has 1 fully saturated rings. The van der Waals surface area contributed by atoms with Gasteiger partial charge in [-0.15, -0.1) is 0 Å². The Hall–Kier alpha value is -2.05. The Morgan fingerprint density at radius 1 is 1.18 bits per heavy atom. The molecule has 3 rings (SSSR count). The molecule has 0 unspecified atom stereocenters. The first-order chi connectivity index (χ1) is 13.5. The predicted molar refractivity (Wildman–Crippen MR) is 114 cm³/mol. The summed E-state index contributed by atoms with van der Waals surface area (Å²) in [6.07, 6.45) is 1.25. The summed E-state index contributed by atoms with van der Waals surface area (Å²) in [6, 6.07) is 12.5. The number of halogens is 2. The lowest BCUT2D eigenvalue weighted by molar-refractivity contribution is -0.121. The van der Waals surface area contributed by atoms with Gasteiger partial charge in [0.1, 0.15) is 5.75 Å². The first kappa shape index (κ1) is 20.7. The molecule has 1 aliphatic heterocycles. The van der Waals surface area contributed by atoms with Gasteiger partial charge in [0.25, 0.3) is 5.91 Å². The molecule has 2 aromatic carbocycles. The number of anilines is 1. The van der Waals surface area contributed by atoms with E-state index in [-0.39, 0.29) is 17.7 Å². The van der Waals surface area contributed by atoms with E-state index in [4.69, 9.17) is 16.3 Å². The van der Waals surface area contributed by atoms with Crippen LogP contribution >= 0.6 is 27.5 Å². The van der Waals surface area contributed by atoms with Crippen LogP contribution in [0.15, 0.2) is 46.9 Å². The standard InChI is InChI=1S/C21H22BrClN2O3/c1-2-28-19-8-7-17(23)13-18(19)24-20(26)14-9-11-25(12-10-14)21(27)15-3-5-16(22)6-4-15/h3-8,13-14H,2,9-12H2,1H3,(H,24,26). The van der Waals surface area contributed by atoms with Crippen molar-refractivity contribution in [3.8, 4) is 5.75 Å². The molecule has 2 amide bonds. The van der Waals surface area contributed by atoms with E-state index in [1.807, 2.05) is 19.1 Å². The van der Waals surface area contributed by atoms with E-state index in [0.717, 1.165) is 4.47 Å². The van der Waals surface area contributed by atoms with Crippen LogP contribution in [0.2, 0.25) is 5.02 Å². The second kappa shape index (κ2) is 9.43. The SMILES string of the molecule is CCOc1ccc(Cl)cc1NC(=O)C1CCN(C(=O)c2ccc(Br)cc2)CC1. The summed E-state index contributed by atoms with van der Waals surface area (Å²) in [6.45, 7) is 3.50. The van der Waals surface area contributed by atoms with Crippen LogP contribution in [0.4, 0.5) is 5.69 Å². The molecule has 148 valence electrons. The maximum absolute atomic E-state index is 12.7. The highest BCUT2D eigenvalue weighted by atomic mass is 79.9. The van der Waals surface area contributed by atoms with Crippen molar-refractivity contribution in [2.75, 3.05) is 25.0 Å². The molecule has 28 heavy (non-hydrogen) atoms. The van der Waals surface area contributed by atoms with Gasteiger partial charge in [0.2, 0.25) is 5.91 Å². The summed E-state index contributed by atoms with van der Waals surface area (Å²) in [7, 11) is 0. The Bertz CT molecular complexity index is 849. The number of likely N-dealkylation sites (tertiary alicyclic amines) is 1. The van der Waals surface area contributed by atoms with Gasteiger partial charge in [-0.1, -0.05) is 27.5 Å². The van der Waals surface area contributed by atoms with Crippen molar-refractivity contribution >= 4 is 45.0 Å². The van der Waals surface area contributed by atoms with Gasteiger partial charge in [-0.05, 0) is 62.2 Å². The van der Waals surface area contributed by atoms with Gasteiger partial charge in [-0.3, -0.25) is 9.59 Å². The van der Waals surface area contributed by atoms with Gasteiger partial charge >= 0.3 is 0 Å². The normalized spacial score (nSPS) is 14.6. The molecule has 0 bridgehead atoms. The minimum atomic E-state index is -0.151. The lowest BCUT2D eigenvalue weighted by Gasteiger charge is -2.31. The Balaban J connectivity index is 1.59. The molecule has 7 heteroatoms. The quantitative estimate of drug-likeness (QED) is 0.676. The maximum atomic E-state index is 12.7. The fourth-order valence-corrected chi connectivity index (χ4v) is 3.67. The van der Waals surface area contributed by atoms with Gasteiger partial charge in [0.05, 0.1) is 12.3 Å². The van der Waals surface area contributed by atoms with Crippen molar-refractivity contribution in [1.82, 2.24) is 4.90 Å². The summed E-state index contributed by atoms with van der Waals surface area (Å²) in [4.78, 5) is 27.1. The average Bonchev–Trinajstić information content (AvgIpc) is 2.70. The Morgan fingerprint density at radius 2 is 1.86 bits per heavy atom. The summed E-state index contributed by atoms with van der Waals surface area (Å²) < 4.78 is 6.49. The number of hydrogen-bond acceptors (Lipinski definition) is 3. The van der Waals surface area contributed by atoms with Gasteiger partial charge in [0, 0.05) is 34.1 Å². The maximum Gasteiger partial charge on any atom is 0.253 e. The van der Waals surface area contributed by atoms with Crippen molar-refractivity contribution in [2.45, 2.75) is 19.8 Å². The first-order valence-corrected chi connectivity index (χ1v) is 10.4. The van der Waals surface area contributed by atoms with Crippen LogP contribution in [-0.2, 0) is 4.79 Å². The number of carbonyl (C=O) groups is 2. The fraction of sp³-hybridized carbons (Fsp3) is 0.333. The summed E-state index contributed by atoms with van der Waals surface area (Å²) >= 11 is 9.43. The molecular formula is C21H22BrClN2O3. The van der Waals surface area contributed by atoms with Crippen molar-refractivity contribution in [3.63, 3.8) is 0 Å². The second-order valence-corrected chi connectivity index (χ2v) is 7.99. The lowest BCUT2D eigenvalue weighted by Crippen LogP contribution is -2.41. The molecule has 5 nitrogen and oxygen atoms in total. The monoisotopic (exact) mass is 464 g/mol. The minimum Gasteiger partial charge on any atom is -0.492 e. The summed E-state index contributed by atoms with van der Waals surface area (Å²) in [5.41, 5.74) is 1.24. The second-order valence-electron chi connectivity index (χ2n) is 6.64. The highest BCUT2D eigenvalue weighted by Crippen LogP contribution is 2.29. The number of benzene rings is 2. The number of nitrogens with zero attached hydrogens (tertiary/aromatic N) is 1. The predicted octanol–water partition coefficient (Wildman–Crippen LogP) is 4.99. The third-order valence-electron chi connectivity index (χ3n) is 4.74. The van der Waals surface area contributed by atoms with E-state index < -0.39 is 0 Å². The lowest BCUT2D eigenvalue weighted by atomic mass is 9.95. The Labute approximate surface area is 178 Å². The number of piperidine rings is 1. The third kappa shape index (κ3) is 5.06. The molecule has 1 aliphatic rings. The molecule has 0 saturated carbocycles. The molecule has 0 aromatic heterocycles. The van der Waals surface area contributed by atoms with Crippen molar-refractivity contribution < 1.29 is 14.3 Å². The van der Waals surface area contributed by atoms with E-state index in [1.54, 1.807) is 35.2 Å². The zero-order chi connectivity index (χ0) is 20.1.